The Hall–Kier alpha value is -2.83. The van der Waals surface area contributed by atoms with E-state index in [2.05, 4.69) is 32.3 Å². The molecule has 0 spiro atoms. The highest BCUT2D eigenvalue weighted by atomic mass is 16.2. The van der Waals surface area contributed by atoms with Crippen molar-refractivity contribution in [2.45, 2.75) is 13.5 Å². The molecule has 0 bridgehead atoms. The molecule has 0 aliphatic carbocycles. The van der Waals surface area contributed by atoms with Crippen molar-refractivity contribution < 1.29 is 4.79 Å². The van der Waals surface area contributed by atoms with Gasteiger partial charge in [-0.05, 0) is 25.1 Å². The Labute approximate surface area is 146 Å². The summed E-state index contributed by atoms with van der Waals surface area (Å²) in [4.78, 5) is 28.1. The van der Waals surface area contributed by atoms with Gasteiger partial charge in [-0.25, -0.2) is 4.68 Å². The first-order chi connectivity index (χ1) is 12.2. The first-order valence-electron chi connectivity index (χ1n) is 8.57. The molecule has 0 saturated carbocycles. The molecule has 0 radical (unpaired) electrons. The fraction of sp³-hybridized carbons (Fsp3) is 0.389. The fourth-order valence-corrected chi connectivity index (χ4v) is 2.94. The van der Waals surface area contributed by atoms with Gasteiger partial charge in [-0.15, -0.1) is 0 Å². The molecule has 0 unspecified atom stereocenters. The number of rotatable bonds is 5. The molecule has 2 aromatic rings. The molecule has 3 rings (SSSR count). The van der Waals surface area contributed by atoms with Gasteiger partial charge in [0.05, 0.1) is 0 Å². The summed E-state index contributed by atoms with van der Waals surface area (Å²) in [6.07, 6.45) is 0. The Bertz CT molecular complexity index is 767. The number of likely N-dealkylation sites (N-methyl/N-ethyl adjacent to an activating group) is 1. The van der Waals surface area contributed by atoms with Crippen molar-refractivity contribution in [3.63, 3.8) is 0 Å². The second-order valence-electron chi connectivity index (χ2n) is 5.95. The number of piperazine rings is 1. The minimum atomic E-state index is -0.266. The summed E-state index contributed by atoms with van der Waals surface area (Å²) in [5.74, 6) is 0.528. The summed E-state index contributed by atoms with van der Waals surface area (Å²) in [5, 5.41) is 7.05. The molecular weight excluding hydrogens is 318 g/mol. The van der Waals surface area contributed by atoms with E-state index in [0.29, 0.717) is 6.54 Å². The summed E-state index contributed by atoms with van der Waals surface area (Å²) in [6, 6.07) is 13.5. The van der Waals surface area contributed by atoms with E-state index < -0.39 is 0 Å². The number of benzene rings is 1. The van der Waals surface area contributed by atoms with E-state index >= 15 is 0 Å². The van der Waals surface area contributed by atoms with E-state index in [1.807, 2.05) is 25.1 Å². The van der Waals surface area contributed by atoms with Crippen molar-refractivity contribution in [3.8, 4) is 0 Å². The van der Waals surface area contributed by atoms with Gasteiger partial charge in [0, 0.05) is 44.5 Å². The Morgan fingerprint density at radius 2 is 1.72 bits per heavy atom. The SMILES string of the molecule is CCNC(=O)Cn1nc(N2CCN(c3ccccc3)CC2)ccc1=O. The van der Waals surface area contributed by atoms with E-state index in [1.165, 1.54) is 16.4 Å². The van der Waals surface area contributed by atoms with Crippen molar-refractivity contribution >= 4 is 17.4 Å². The molecule has 1 amide bonds. The lowest BCUT2D eigenvalue weighted by atomic mass is 10.2. The van der Waals surface area contributed by atoms with Crippen LogP contribution in [0.1, 0.15) is 6.92 Å². The number of aromatic nitrogens is 2. The van der Waals surface area contributed by atoms with Crippen LogP contribution in [0.3, 0.4) is 0 Å². The molecule has 1 aliphatic rings. The number of hydrogen-bond acceptors (Lipinski definition) is 5. The smallest absolute Gasteiger partial charge is 0.267 e. The van der Waals surface area contributed by atoms with Crippen LogP contribution in [-0.4, -0.2) is 48.4 Å². The van der Waals surface area contributed by atoms with Gasteiger partial charge in [-0.3, -0.25) is 9.59 Å². The lowest BCUT2D eigenvalue weighted by Gasteiger charge is -2.36. The molecule has 132 valence electrons. The Balaban J connectivity index is 1.67. The third-order valence-electron chi connectivity index (χ3n) is 4.24. The average Bonchev–Trinajstić information content (AvgIpc) is 2.65. The molecule has 0 atom stereocenters. The second-order valence-corrected chi connectivity index (χ2v) is 5.95. The largest absolute Gasteiger partial charge is 0.368 e. The van der Waals surface area contributed by atoms with Crippen LogP contribution >= 0.6 is 0 Å². The van der Waals surface area contributed by atoms with Gasteiger partial charge in [0.1, 0.15) is 12.4 Å². The third-order valence-corrected chi connectivity index (χ3v) is 4.24. The number of anilines is 2. The van der Waals surface area contributed by atoms with Crippen LogP contribution in [0.4, 0.5) is 11.5 Å². The van der Waals surface area contributed by atoms with Gasteiger partial charge in [-0.1, -0.05) is 18.2 Å². The first-order valence-corrected chi connectivity index (χ1v) is 8.57. The van der Waals surface area contributed by atoms with Crippen LogP contribution in [0.25, 0.3) is 0 Å². The maximum atomic E-state index is 11.9. The zero-order valence-electron chi connectivity index (χ0n) is 14.4. The number of carbonyl (C=O) groups excluding carboxylic acids is 1. The topological polar surface area (TPSA) is 70.5 Å². The molecule has 1 fully saturated rings. The van der Waals surface area contributed by atoms with Gasteiger partial charge in [0.2, 0.25) is 5.91 Å². The van der Waals surface area contributed by atoms with Gasteiger partial charge in [0.25, 0.3) is 5.56 Å². The van der Waals surface area contributed by atoms with Crippen molar-refractivity contribution in [1.82, 2.24) is 15.1 Å². The highest BCUT2D eigenvalue weighted by Crippen LogP contribution is 2.18. The van der Waals surface area contributed by atoms with Crippen LogP contribution in [0.15, 0.2) is 47.3 Å². The number of nitrogens with one attached hydrogen (secondary N) is 1. The molecule has 7 heteroatoms. The van der Waals surface area contributed by atoms with Crippen molar-refractivity contribution in [1.29, 1.82) is 0 Å². The van der Waals surface area contributed by atoms with Gasteiger partial charge >= 0.3 is 0 Å². The molecule has 7 nitrogen and oxygen atoms in total. The van der Waals surface area contributed by atoms with Crippen molar-refractivity contribution in [2.24, 2.45) is 0 Å². The zero-order valence-corrected chi connectivity index (χ0v) is 14.4. The number of para-hydroxylation sites is 1. The van der Waals surface area contributed by atoms with Crippen LogP contribution < -0.4 is 20.7 Å². The highest BCUT2D eigenvalue weighted by Gasteiger charge is 2.19. The molecule has 2 heterocycles. The minimum absolute atomic E-state index is 0.0511. The molecule has 1 N–H and O–H groups in total. The zero-order chi connectivity index (χ0) is 17.6. The van der Waals surface area contributed by atoms with E-state index in [-0.39, 0.29) is 18.0 Å². The van der Waals surface area contributed by atoms with E-state index in [0.717, 1.165) is 32.0 Å². The standard InChI is InChI=1S/C18H23N5O2/c1-2-19-17(24)14-23-18(25)9-8-16(20-23)22-12-10-21(11-13-22)15-6-4-3-5-7-15/h3-9H,2,10-14H2,1H3,(H,19,24). The van der Waals surface area contributed by atoms with Crippen LogP contribution in [0.2, 0.25) is 0 Å². The summed E-state index contributed by atoms with van der Waals surface area (Å²) in [7, 11) is 0. The van der Waals surface area contributed by atoms with E-state index in [9.17, 15) is 9.59 Å². The Morgan fingerprint density at radius 1 is 1.04 bits per heavy atom. The third kappa shape index (κ3) is 4.17. The second kappa shape index (κ2) is 7.83. The molecule has 1 aliphatic heterocycles. The fourth-order valence-electron chi connectivity index (χ4n) is 2.94. The maximum Gasteiger partial charge on any atom is 0.267 e. The molecule has 1 aromatic carbocycles. The Kier molecular flexibility index (Phi) is 5.33. The van der Waals surface area contributed by atoms with Crippen molar-refractivity contribution in [2.75, 3.05) is 42.5 Å². The van der Waals surface area contributed by atoms with Crippen LogP contribution in [-0.2, 0) is 11.3 Å². The van der Waals surface area contributed by atoms with E-state index in [1.54, 1.807) is 6.07 Å². The van der Waals surface area contributed by atoms with Gasteiger partial charge < -0.3 is 15.1 Å². The minimum Gasteiger partial charge on any atom is -0.368 e. The van der Waals surface area contributed by atoms with Crippen LogP contribution in [0.5, 0.6) is 0 Å². The summed E-state index contributed by atoms with van der Waals surface area (Å²) >= 11 is 0. The molecule has 25 heavy (non-hydrogen) atoms. The predicted octanol–water partition coefficient (Wildman–Crippen LogP) is 0.706. The lowest BCUT2D eigenvalue weighted by Crippen LogP contribution is -2.47. The van der Waals surface area contributed by atoms with E-state index in [4.69, 9.17) is 0 Å². The Morgan fingerprint density at radius 3 is 2.40 bits per heavy atom. The average molecular weight is 341 g/mol. The monoisotopic (exact) mass is 341 g/mol. The maximum absolute atomic E-state index is 11.9. The van der Waals surface area contributed by atoms with Gasteiger partial charge in [0.15, 0.2) is 0 Å². The molecular formula is C18H23N5O2. The first kappa shape index (κ1) is 17.0. The molecule has 1 aromatic heterocycles. The number of carbonyl (C=O) groups is 1. The number of hydrogen-bond donors (Lipinski definition) is 1. The number of amides is 1. The summed E-state index contributed by atoms with van der Waals surface area (Å²) in [5.41, 5.74) is 0.953. The summed E-state index contributed by atoms with van der Waals surface area (Å²) in [6.45, 7) is 5.75. The van der Waals surface area contributed by atoms with Crippen molar-refractivity contribution in [3.05, 3.63) is 52.8 Å². The quantitative estimate of drug-likeness (QED) is 0.867. The predicted molar refractivity (Wildman–Crippen MR) is 98.0 cm³/mol. The highest BCUT2D eigenvalue weighted by molar-refractivity contribution is 5.75. The van der Waals surface area contributed by atoms with Gasteiger partial charge in [-0.2, -0.15) is 5.10 Å². The molecule has 1 saturated heterocycles. The normalized spacial score (nSPS) is 14.4. The number of nitrogens with zero attached hydrogens (tertiary/aromatic N) is 4. The lowest BCUT2D eigenvalue weighted by molar-refractivity contribution is -0.121. The van der Waals surface area contributed by atoms with Crippen LogP contribution in [0, 0.1) is 0 Å². The summed E-state index contributed by atoms with van der Waals surface area (Å²) < 4.78 is 1.23.